The van der Waals surface area contributed by atoms with Gasteiger partial charge in [-0.05, 0) is 24.3 Å². The van der Waals surface area contributed by atoms with Crippen LogP contribution in [0.2, 0.25) is 5.02 Å². The highest BCUT2D eigenvalue weighted by Crippen LogP contribution is 2.46. The van der Waals surface area contributed by atoms with Crippen LogP contribution < -0.4 is 9.77 Å². The lowest BCUT2D eigenvalue weighted by atomic mass is 9.90. The van der Waals surface area contributed by atoms with Crippen molar-refractivity contribution in [3.05, 3.63) is 79.5 Å². The molecular weight excluding hydrogens is 431 g/mol. The molecule has 1 atom stereocenters. The molecule has 9 heteroatoms. The number of hydrogen-bond donors (Lipinski definition) is 0. The van der Waals surface area contributed by atoms with Crippen LogP contribution in [0.5, 0.6) is 0 Å². The number of methoxy groups -OCH3 is 1. The van der Waals surface area contributed by atoms with Gasteiger partial charge in [0.15, 0.2) is 0 Å². The second-order valence-electron chi connectivity index (χ2n) is 6.67. The summed E-state index contributed by atoms with van der Waals surface area (Å²) < 4.78 is 20.6. The summed E-state index contributed by atoms with van der Waals surface area (Å²) >= 11 is 7.14. The first-order chi connectivity index (χ1) is 14.4. The lowest BCUT2D eigenvalue weighted by Crippen LogP contribution is -2.36. The lowest BCUT2D eigenvalue weighted by molar-refractivity contribution is -0.141. The predicted octanol–water partition coefficient (Wildman–Crippen LogP) is 4.08. The maximum absolute atomic E-state index is 14.7. The summed E-state index contributed by atoms with van der Waals surface area (Å²) in [6, 6.07) is 13.1. The Morgan fingerprint density at radius 1 is 1.20 bits per heavy atom. The van der Waals surface area contributed by atoms with E-state index in [9.17, 15) is 18.8 Å². The summed E-state index contributed by atoms with van der Waals surface area (Å²) in [5.41, 5.74) is 0.700. The van der Waals surface area contributed by atoms with Crippen LogP contribution in [-0.4, -0.2) is 23.6 Å². The number of nitrogens with zero attached hydrogens (tertiary/aromatic N) is 2. The maximum atomic E-state index is 14.7. The Hall–Kier alpha value is -2.97. The minimum absolute atomic E-state index is 0.0687. The van der Waals surface area contributed by atoms with E-state index in [0.717, 1.165) is 11.3 Å². The molecule has 1 aliphatic heterocycles. The van der Waals surface area contributed by atoms with Gasteiger partial charge in [0.25, 0.3) is 0 Å². The third kappa shape index (κ3) is 3.42. The van der Waals surface area contributed by atoms with Crippen molar-refractivity contribution < 1.29 is 18.7 Å². The van der Waals surface area contributed by atoms with Gasteiger partial charge in [-0.2, -0.15) is 0 Å². The number of anilines is 2. The average molecular weight is 447 g/mol. The van der Waals surface area contributed by atoms with Crippen molar-refractivity contribution in [2.45, 2.75) is 18.9 Å². The summed E-state index contributed by atoms with van der Waals surface area (Å²) in [5, 5.41) is 0.173. The van der Waals surface area contributed by atoms with Crippen molar-refractivity contribution in [3.8, 4) is 0 Å². The largest absolute Gasteiger partial charge is 0.468 e. The molecule has 0 saturated heterocycles. The predicted molar refractivity (Wildman–Crippen MR) is 112 cm³/mol. The second kappa shape index (κ2) is 8.04. The normalized spacial score (nSPS) is 15.8. The Morgan fingerprint density at radius 2 is 1.93 bits per heavy atom. The fraction of sp³-hybridized carbons (Fsp3) is 0.190. The summed E-state index contributed by atoms with van der Waals surface area (Å²) in [4.78, 5) is 39.4. The molecule has 1 amide bonds. The number of esters is 1. The zero-order valence-corrected chi connectivity index (χ0v) is 17.4. The van der Waals surface area contributed by atoms with E-state index in [-0.39, 0.29) is 35.3 Å². The van der Waals surface area contributed by atoms with E-state index in [0.29, 0.717) is 10.6 Å². The van der Waals surface area contributed by atoms with Crippen molar-refractivity contribution in [2.24, 2.45) is 0 Å². The van der Waals surface area contributed by atoms with Crippen molar-refractivity contribution in [1.29, 1.82) is 0 Å². The SMILES string of the molecule is COC(=O)Cn1c2c(sc1=O)[C@H](c1c(F)cccc1Cl)CC(=O)N2c1ccccc1. The number of amides is 1. The summed E-state index contributed by atoms with van der Waals surface area (Å²) in [7, 11) is 1.22. The van der Waals surface area contributed by atoms with Gasteiger partial charge in [-0.1, -0.05) is 47.2 Å². The van der Waals surface area contributed by atoms with Crippen LogP contribution in [0.15, 0.2) is 53.3 Å². The highest BCUT2D eigenvalue weighted by atomic mass is 35.5. The third-order valence-electron chi connectivity index (χ3n) is 4.93. The van der Waals surface area contributed by atoms with E-state index in [2.05, 4.69) is 0 Å². The fourth-order valence-electron chi connectivity index (χ4n) is 3.60. The van der Waals surface area contributed by atoms with Gasteiger partial charge in [-0.15, -0.1) is 0 Å². The third-order valence-corrected chi connectivity index (χ3v) is 6.34. The number of ether oxygens (including phenoxy) is 1. The molecule has 0 N–H and O–H groups in total. The first kappa shape index (κ1) is 20.3. The molecule has 0 unspecified atom stereocenters. The number of rotatable bonds is 4. The van der Waals surface area contributed by atoms with Gasteiger partial charge < -0.3 is 4.74 Å². The van der Waals surface area contributed by atoms with Gasteiger partial charge in [0.1, 0.15) is 18.2 Å². The minimum atomic E-state index is -0.738. The zero-order valence-electron chi connectivity index (χ0n) is 15.8. The molecule has 1 aromatic heterocycles. The summed E-state index contributed by atoms with van der Waals surface area (Å²) in [6.45, 7) is -0.366. The average Bonchev–Trinajstić information content (AvgIpc) is 3.04. The Kier molecular flexibility index (Phi) is 5.44. The molecule has 1 aliphatic rings. The van der Waals surface area contributed by atoms with Crippen molar-refractivity contribution >= 4 is 46.3 Å². The van der Waals surface area contributed by atoms with E-state index >= 15 is 0 Å². The summed E-state index contributed by atoms with van der Waals surface area (Å²) in [6.07, 6.45) is -0.0687. The molecule has 0 saturated carbocycles. The molecule has 0 aliphatic carbocycles. The van der Waals surface area contributed by atoms with Crippen LogP contribution >= 0.6 is 22.9 Å². The van der Waals surface area contributed by atoms with E-state index in [1.165, 1.54) is 28.7 Å². The molecule has 0 fully saturated rings. The van der Waals surface area contributed by atoms with Crippen LogP contribution in [0.1, 0.15) is 22.8 Å². The molecule has 3 aromatic rings. The molecule has 2 aromatic carbocycles. The van der Waals surface area contributed by atoms with Gasteiger partial charge in [0.05, 0.1) is 17.7 Å². The van der Waals surface area contributed by atoms with E-state index < -0.39 is 22.6 Å². The highest BCUT2D eigenvalue weighted by molar-refractivity contribution is 7.10. The van der Waals surface area contributed by atoms with E-state index in [1.54, 1.807) is 36.4 Å². The van der Waals surface area contributed by atoms with Gasteiger partial charge >= 0.3 is 10.8 Å². The minimum Gasteiger partial charge on any atom is -0.468 e. The van der Waals surface area contributed by atoms with Crippen LogP contribution in [0.25, 0.3) is 0 Å². The topological polar surface area (TPSA) is 68.6 Å². The number of thiazole rings is 1. The van der Waals surface area contributed by atoms with Crippen LogP contribution in [-0.2, 0) is 20.9 Å². The number of carbonyl (C=O) groups is 2. The molecule has 6 nitrogen and oxygen atoms in total. The van der Waals surface area contributed by atoms with Crippen LogP contribution in [0.4, 0.5) is 15.9 Å². The molecule has 0 spiro atoms. The van der Waals surface area contributed by atoms with Crippen molar-refractivity contribution in [1.82, 2.24) is 4.57 Å². The Balaban J connectivity index is 1.97. The van der Waals surface area contributed by atoms with Crippen molar-refractivity contribution in [2.75, 3.05) is 12.0 Å². The monoisotopic (exact) mass is 446 g/mol. The quantitative estimate of drug-likeness (QED) is 0.566. The molecule has 0 bridgehead atoms. The number of fused-ring (bicyclic) bond motifs is 1. The number of benzene rings is 2. The number of carbonyl (C=O) groups excluding carboxylic acids is 2. The first-order valence-electron chi connectivity index (χ1n) is 9.04. The molecule has 0 radical (unpaired) electrons. The van der Waals surface area contributed by atoms with Crippen LogP contribution in [0.3, 0.4) is 0 Å². The Bertz CT molecular complexity index is 1170. The number of halogens is 2. The van der Waals surface area contributed by atoms with Gasteiger partial charge in [-0.3, -0.25) is 23.9 Å². The molecule has 2 heterocycles. The van der Waals surface area contributed by atoms with E-state index in [4.69, 9.17) is 16.3 Å². The number of aromatic nitrogens is 1. The van der Waals surface area contributed by atoms with Gasteiger partial charge in [0.2, 0.25) is 5.91 Å². The Labute approximate surface area is 180 Å². The van der Waals surface area contributed by atoms with Crippen molar-refractivity contribution in [3.63, 3.8) is 0 Å². The zero-order chi connectivity index (χ0) is 21.4. The van der Waals surface area contributed by atoms with Gasteiger partial charge in [0, 0.05) is 22.9 Å². The van der Waals surface area contributed by atoms with Crippen LogP contribution in [0, 0.1) is 5.82 Å². The van der Waals surface area contributed by atoms with Gasteiger partial charge in [-0.25, -0.2) is 4.39 Å². The Morgan fingerprint density at radius 3 is 2.60 bits per heavy atom. The summed E-state index contributed by atoms with van der Waals surface area (Å²) in [5.74, 6) is -2.03. The molecule has 30 heavy (non-hydrogen) atoms. The smallest absolute Gasteiger partial charge is 0.325 e. The fourth-order valence-corrected chi connectivity index (χ4v) is 4.98. The maximum Gasteiger partial charge on any atom is 0.325 e. The molecule has 154 valence electrons. The van der Waals surface area contributed by atoms with E-state index in [1.807, 2.05) is 0 Å². The highest BCUT2D eigenvalue weighted by Gasteiger charge is 2.40. The molecular formula is C21H16ClFN2O4S. The molecule has 4 rings (SSSR count). The standard InChI is InChI=1S/C21H16ClFN2O4S/c1-29-17(27)11-24-20-19(30-21(24)28)13(18-14(22)8-5-9-15(18)23)10-16(26)25(20)12-6-3-2-4-7-12/h2-9,13H,10-11H2,1H3/t13-/m0/s1. The second-order valence-corrected chi connectivity index (χ2v) is 8.08. The number of para-hydroxylation sites is 1. The number of hydrogen-bond acceptors (Lipinski definition) is 5. The lowest BCUT2D eigenvalue weighted by Gasteiger charge is -2.33. The first-order valence-corrected chi connectivity index (χ1v) is 10.2.